The smallest absolute Gasteiger partial charge is 0.545 e. The minimum absolute atomic E-state index is 0. The Labute approximate surface area is 165 Å². The minimum atomic E-state index is -1.55. The summed E-state index contributed by atoms with van der Waals surface area (Å²) < 4.78 is 16.3. The maximum Gasteiger partial charge on any atom is 1.00 e. The van der Waals surface area contributed by atoms with E-state index in [4.69, 9.17) is 0 Å². The Balaban J connectivity index is 0.00000182. The van der Waals surface area contributed by atoms with Crippen molar-refractivity contribution in [3.8, 4) is 0 Å². The Kier molecular flexibility index (Phi) is 4.94. The third kappa shape index (κ3) is 3.21. The molecule has 2 aliphatic rings. The van der Waals surface area contributed by atoms with Crippen molar-refractivity contribution in [1.82, 2.24) is 4.57 Å². The zero-order valence-corrected chi connectivity index (χ0v) is 15.9. The van der Waals surface area contributed by atoms with E-state index >= 15 is 0 Å². The first-order valence-electron chi connectivity index (χ1n) is 7.98. The second-order valence-corrected chi connectivity index (χ2v) is 6.51. The summed E-state index contributed by atoms with van der Waals surface area (Å²) in [6.07, 6.45) is 3.15. The number of hydrogen-bond acceptors (Lipinski definition) is 5. The number of anilines is 1. The molecule has 1 saturated heterocycles. The van der Waals surface area contributed by atoms with Gasteiger partial charge in [-0.3, -0.25) is 4.79 Å². The third-order valence-electron chi connectivity index (χ3n) is 4.76. The molecule has 0 spiro atoms. The summed E-state index contributed by atoms with van der Waals surface area (Å²) in [4.78, 5) is 25.3. The molecule has 6 nitrogen and oxygen atoms in total. The van der Waals surface area contributed by atoms with Gasteiger partial charge in [0.2, 0.25) is 0 Å². The fourth-order valence-corrected chi connectivity index (χ4v) is 3.36. The largest absolute Gasteiger partial charge is 1.00 e. The molecule has 1 aromatic heterocycles. The molecule has 1 saturated carbocycles. The Morgan fingerprint density at radius 2 is 2.00 bits per heavy atom. The van der Waals surface area contributed by atoms with Crippen LogP contribution in [0.3, 0.4) is 0 Å². The van der Waals surface area contributed by atoms with Crippen LogP contribution >= 0.6 is 0 Å². The van der Waals surface area contributed by atoms with Gasteiger partial charge < -0.3 is 24.5 Å². The van der Waals surface area contributed by atoms with E-state index in [0.717, 1.165) is 18.9 Å². The number of rotatable bonds is 3. The zero-order valence-electron chi connectivity index (χ0n) is 13.9. The van der Waals surface area contributed by atoms with Crippen LogP contribution in [0.15, 0.2) is 23.1 Å². The molecule has 126 valence electrons. The first-order valence-corrected chi connectivity index (χ1v) is 7.98. The van der Waals surface area contributed by atoms with E-state index in [0.29, 0.717) is 30.7 Å². The number of carbonyl (C=O) groups is 1. The van der Waals surface area contributed by atoms with Crippen molar-refractivity contribution in [2.75, 3.05) is 18.0 Å². The van der Waals surface area contributed by atoms with Crippen LogP contribution in [-0.4, -0.2) is 34.8 Å². The molecule has 1 aromatic carbocycles. The molecule has 25 heavy (non-hydrogen) atoms. The van der Waals surface area contributed by atoms with Crippen molar-refractivity contribution in [2.24, 2.45) is 0 Å². The number of aliphatic hydroxyl groups is 1. The quantitative estimate of drug-likeness (QED) is 0.612. The molecule has 2 fully saturated rings. The summed E-state index contributed by atoms with van der Waals surface area (Å²) in [6, 6.07) is 2.80. The average Bonchev–Trinajstić information content (AvgIpc) is 3.28. The van der Waals surface area contributed by atoms with Crippen LogP contribution < -0.4 is 45.0 Å². The number of benzene rings is 1. The van der Waals surface area contributed by atoms with Crippen LogP contribution in [0.4, 0.5) is 10.1 Å². The SMILES string of the molecule is O=C([O-])c1cn(C2CC2)c2cc(N3CC[C@H](O)C3)c(F)cc2c1=O.[Na+]. The van der Waals surface area contributed by atoms with E-state index in [-0.39, 0.29) is 41.0 Å². The normalized spacial score (nSPS) is 19.9. The number of carboxylic acids is 1. The van der Waals surface area contributed by atoms with Crippen molar-refractivity contribution in [2.45, 2.75) is 31.4 Å². The van der Waals surface area contributed by atoms with Crippen molar-refractivity contribution < 1.29 is 49.0 Å². The molecule has 1 atom stereocenters. The number of pyridine rings is 1. The van der Waals surface area contributed by atoms with Gasteiger partial charge in [0.25, 0.3) is 0 Å². The Morgan fingerprint density at radius 3 is 2.56 bits per heavy atom. The van der Waals surface area contributed by atoms with Crippen LogP contribution in [0.1, 0.15) is 35.7 Å². The van der Waals surface area contributed by atoms with Gasteiger partial charge in [-0.05, 0) is 31.4 Å². The Morgan fingerprint density at radius 1 is 1.28 bits per heavy atom. The number of hydrogen-bond donors (Lipinski definition) is 1. The number of aliphatic hydroxyl groups excluding tert-OH is 1. The third-order valence-corrected chi connectivity index (χ3v) is 4.76. The molecule has 4 rings (SSSR count). The number of β-amino-alcohol motifs (C(OH)–C–C–N with tert-alkyl or cyclic N) is 1. The summed E-state index contributed by atoms with van der Waals surface area (Å²) in [5.74, 6) is -2.14. The summed E-state index contributed by atoms with van der Waals surface area (Å²) in [6.45, 7) is 0.877. The number of aromatic nitrogens is 1. The van der Waals surface area contributed by atoms with Gasteiger partial charge in [-0.15, -0.1) is 0 Å². The molecule has 0 radical (unpaired) electrons. The van der Waals surface area contributed by atoms with Gasteiger partial charge in [-0.2, -0.15) is 0 Å². The fourth-order valence-electron chi connectivity index (χ4n) is 3.36. The number of carbonyl (C=O) groups excluding carboxylic acids is 1. The van der Waals surface area contributed by atoms with Crippen LogP contribution in [0, 0.1) is 5.82 Å². The predicted octanol–water partition coefficient (Wildman–Crippen LogP) is -2.59. The molecule has 2 heterocycles. The number of fused-ring (bicyclic) bond motifs is 1. The van der Waals surface area contributed by atoms with E-state index in [1.807, 2.05) is 0 Å². The zero-order chi connectivity index (χ0) is 17.0. The standard InChI is InChI=1S/C17H17FN2O4.Na/c18-13-5-11-14(6-15(13)19-4-3-10(21)7-19)20(9-1-2-9)8-12(16(11)22)17(23)24;/h5-6,8-10,21H,1-4,7H2,(H,23,24);/q;+1/p-1/t10-;/m0./s1. The summed E-state index contributed by atoms with van der Waals surface area (Å²) in [5.41, 5.74) is -0.328. The molecule has 0 bridgehead atoms. The van der Waals surface area contributed by atoms with Crippen LogP contribution in [0.5, 0.6) is 0 Å². The number of carboxylic acid groups (broad SMARTS) is 1. The maximum atomic E-state index is 14.5. The van der Waals surface area contributed by atoms with Crippen molar-refractivity contribution >= 4 is 22.6 Å². The summed E-state index contributed by atoms with van der Waals surface area (Å²) in [5, 5.41) is 20.9. The second-order valence-electron chi connectivity index (χ2n) is 6.51. The van der Waals surface area contributed by atoms with Crippen molar-refractivity contribution in [3.05, 3.63) is 39.9 Å². The number of nitrogens with zero attached hydrogens (tertiary/aromatic N) is 2. The minimum Gasteiger partial charge on any atom is -0.545 e. The molecule has 8 heteroatoms. The monoisotopic (exact) mass is 354 g/mol. The number of halogens is 1. The first-order chi connectivity index (χ1) is 11.5. The fraction of sp³-hybridized carbons (Fsp3) is 0.412. The number of aromatic carboxylic acids is 1. The predicted molar refractivity (Wildman–Crippen MR) is 83.6 cm³/mol. The van der Waals surface area contributed by atoms with Crippen molar-refractivity contribution in [1.29, 1.82) is 0 Å². The van der Waals surface area contributed by atoms with E-state index in [1.54, 1.807) is 15.5 Å². The Bertz CT molecular complexity index is 910. The molecule has 1 aliphatic carbocycles. The van der Waals surface area contributed by atoms with Crippen LogP contribution in [0.25, 0.3) is 10.9 Å². The van der Waals surface area contributed by atoms with Crippen LogP contribution in [-0.2, 0) is 0 Å². The van der Waals surface area contributed by atoms with Gasteiger partial charge >= 0.3 is 29.6 Å². The Hall–Kier alpha value is -1.41. The molecular formula is C17H16FN2NaO4. The van der Waals surface area contributed by atoms with Crippen LogP contribution in [0.2, 0.25) is 0 Å². The maximum absolute atomic E-state index is 14.5. The molecule has 1 N–H and O–H groups in total. The van der Waals surface area contributed by atoms with Gasteiger partial charge in [0, 0.05) is 30.7 Å². The van der Waals surface area contributed by atoms with Gasteiger partial charge in [0.1, 0.15) is 5.82 Å². The van der Waals surface area contributed by atoms with Gasteiger partial charge in [0.15, 0.2) is 5.43 Å². The first kappa shape index (κ1) is 18.4. The summed E-state index contributed by atoms with van der Waals surface area (Å²) >= 11 is 0. The molecule has 0 unspecified atom stereocenters. The average molecular weight is 354 g/mol. The topological polar surface area (TPSA) is 85.6 Å². The van der Waals surface area contributed by atoms with Crippen molar-refractivity contribution in [3.63, 3.8) is 0 Å². The van der Waals surface area contributed by atoms with E-state index in [2.05, 4.69) is 0 Å². The van der Waals surface area contributed by atoms with Gasteiger partial charge in [-0.1, -0.05) is 0 Å². The van der Waals surface area contributed by atoms with E-state index in [1.165, 1.54) is 6.20 Å². The second kappa shape index (κ2) is 6.72. The molecular weight excluding hydrogens is 338 g/mol. The van der Waals surface area contributed by atoms with Gasteiger partial charge in [0.05, 0.1) is 28.8 Å². The van der Waals surface area contributed by atoms with E-state index < -0.39 is 28.9 Å². The summed E-state index contributed by atoms with van der Waals surface area (Å²) in [7, 11) is 0. The molecule has 2 aromatic rings. The molecule has 1 aliphatic heterocycles. The van der Waals surface area contributed by atoms with E-state index in [9.17, 15) is 24.2 Å². The molecule has 0 amide bonds. The van der Waals surface area contributed by atoms with Gasteiger partial charge in [-0.25, -0.2) is 4.39 Å².